The normalized spacial score (nSPS) is 15.2. The third-order valence-corrected chi connectivity index (χ3v) is 6.41. The molecule has 0 saturated carbocycles. The zero-order chi connectivity index (χ0) is 24.9. The Morgan fingerprint density at radius 3 is 2.46 bits per heavy atom. The molecular formula is C27H29N3O5. The number of ether oxygens (including phenoxy) is 2. The smallest absolute Gasteiger partial charge is 0.269 e. The first kappa shape index (κ1) is 24.2. The summed E-state index contributed by atoms with van der Waals surface area (Å²) in [5.74, 6) is 1.26. The molecule has 1 atom stereocenters. The van der Waals surface area contributed by atoms with Crippen LogP contribution in [0.1, 0.15) is 34.7 Å². The van der Waals surface area contributed by atoms with Crippen LogP contribution >= 0.6 is 0 Å². The molecule has 0 fully saturated rings. The first-order chi connectivity index (χ1) is 16.9. The van der Waals surface area contributed by atoms with Gasteiger partial charge < -0.3 is 14.8 Å². The summed E-state index contributed by atoms with van der Waals surface area (Å²) in [5.41, 5.74) is 4.74. The largest absolute Gasteiger partial charge is 0.493 e. The van der Waals surface area contributed by atoms with Crippen molar-refractivity contribution in [3.8, 4) is 11.5 Å². The van der Waals surface area contributed by atoms with E-state index in [2.05, 4.69) is 22.3 Å². The number of anilines is 1. The topological polar surface area (TPSA) is 93.9 Å². The molecule has 35 heavy (non-hydrogen) atoms. The van der Waals surface area contributed by atoms with Crippen LogP contribution in [0, 0.1) is 17.0 Å². The summed E-state index contributed by atoms with van der Waals surface area (Å²) in [6.07, 6.45) is 1.13. The van der Waals surface area contributed by atoms with E-state index >= 15 is 0 Å². The fourth-order valence-corrected chi connectivity index (χ4v) is 4.62. The molecule has 4 rings (SSSR count). The van der Waals surface area contributed by atoms with E-state index in [4.69, 9.17) is 9.47 Å². The Kier molecular flexibility index (Phi) is 7.31. The van der Waals surface area contributed by atoms with E-state index in [1.807, 2.05) is 30.3 Å². The van der Waals surface area contributed by atoms with E-state index in [-0.39, 0.29) is 17.6 Å². The molecule has 3 aromatic rings. The molecule has 0 aromatic heterocycles. The predicted octanol–water partition coefficient (Wildman–Crippen LogP) is 4.90. The number of aryl methyl sites for hydroxylation is 1. The molecule has 0 saturated heterocycles. The van der Waals surface area contributed by atoms with Crippen molar-refractivity contribution < 1.29 is 19.2 Å². The number of fused-ring (bicyclic) bond motifs is 1. The van der Waals surface area contributed by atoms with E-state index in [1.165, 1.54) is 17.7 Å². The number of methoxy groups -OCH3 is 2. The highest BCUT2D eigenvalue weighted by molar-refractivity contribution is 5.91. The summed E-state index contributed by atoms with van der Waals surface area (Å²) < 4.78 is 11.1. The molecular weight excluding hydrogens is 446 g/mol. The third kappa shape index (κ3) is 5.27. The van der Waals surface area contributed by atoms with Crippen LogP contribution in [0.25, 0.3) is 0 Å². The van der Waals surface area contributed by atoms with Gasteiger partial charge >= 0.3 is 0 Å². The van der Waals surface area contributed by atoms with Gasteiger partial charge in [0.25, 0.3) is 5.69 Å². The predicted molar refractivity (Wildman–Crippen MR) is 134 cm³/mol. The van der Waals surface area contributed by atoms with Crippen LogP contribution in [0.3, 0.4) is 0 Å². The molecule has 0 bridgehead atoms. The molecule has 3 aromatic carbocycles. The fraction of sp³-hybridized carbons (Fsp3) is 0.296. The molecule has 8 nitrogen and oxygen atoms in total. The van der Waals surface area contributed by atoms with Gasteiger partial charge in [0.1, 0.15) is 0 Å². The number of amides is 1. The lowest BCUT2D eigenvalue weighted by atomic mass is 9.87. The van der Waals surface area contributed by atoms with E-state index in [9.17, 15) is 14.9 Å². The summed E-state index contributed by atoms with van der Waals surface area (Å²) in [7, 11) is 3.27. The van der Waals surface area contributed by atoms with Crippen molar-refractivity contribution >= 4 is 17.3 Å². The fourth-order valence-electron chi connectivity index (χ4n) is 4.62. The zero-order valence-electron chi connectivity index (χ0n) is 20.1. The maximum atomic E-state index is 12.8. The summed E-state index contributed by atoms with van der Waals surface area (Å²) in [6.45, 7) is 3.11. The third-order valence-electron chi connectivity index (χ3n) is 6.41. The number of rotatable bonds is 8. The highest BCUT2D eigenvalue weighted by atomic mass is 16.6. The summed E-state index contributed by atoms with van der Waals surface area (Å²) in [5, 5.41) is 13.9. The van der Waals surface area contributed by atoms with Crippen LogP contribution in [0.2, 0.25) is 0 Å². The van der Waals surface area contributed by atoms with Crippen LogP contribution in [0.4, 0.5) is 11.4 Å². The number of nitro benzene ring substituents is 1. The first-order valence-corrected chi connectivity index (χ1v) is 11.5. The van der Waals surface area contributed by atoms with Gasteiger partial charge in [-0.25, -0.2) is 0 Å². The number of nitrogens with zero attached hydrogens (tertiary/aromatic N) is 2. The number of non-ortho nitro benzene ring substituents is 1. The van der Waals surface area contributed by atoms with Gasteiger partial charge in [0.05, 0.1) is 25.2 Å². The molecule has 0 aliphatic carbocycles. The maximum Gasteiger partial charge on any atom is 0.269 e. The van der Waals surface area contributed by atoms with Gasteiger partial charge in [-0.3, -0.25) is 19.8 Å². The van der Waals surface area contributed by atoms with Gasteiger partial charge in [-0.05, 0) is 53.8 Å². The van der Waals surface area contributed by atoms with Crippen molar-refractivity contribution in [2.24, 2.45) is 0 Å². The lowest BCUT2D eigenvalue weighted by Gasteiger charge is -2.38. The summed E-state index contributed by atoms with van der Waals surface area (Å²) in [4.78, 5) is 25.6. The van der Waals surface area contributed by atoms with E-state index in [0.717, 1.165) is 24.1 Å². The molecule has 0 radical (unpaired) electrons. The van der Waals surface area contributed by atoms with Crippen molar-refractivity contribution in [2.75, 3.05) is 32.6 Å². The van der Waals surface area contributed by atoms with Gasteiger partial charge in [-0.15, -0.1) is 0 Å². The summed E-state index contributed by atoms with van der Waals surface area (Å²) in [6, 6.07) is 18.7. The van der Waals surface area contributed by atoms with Crippen molar-refractivity contribution in [1.29, 1.82) is 0 Å². The average Bonchev–Trinajstić information content (AvgIpc) is 2.87. The van der Waals surface area contributed by atoms with Crippen molar-refractivity contribution in [3.63, 3.8) is 0 Å². The second-order valence-electron chi connectivity index (χ2n) is 8.56. The molecule has 8 heteroatoms. The maximum absolute atomic E-state index is 12.8. The SMILES string of the molecule is COc1cc2c(cc1OC)C(c1ccccc1)N(CCC(=O)Nc1ccc([N+](=O)[O-])cc1C)CC2. The van der Waals surface area contributed by atoms with Gasteiger partial charge in [0, 0.05) is 37.3 Å². The van der Waals surface area contributed by atoms with E-state index < -0.39 is 4.92 Å². The number of benzene rings is 3. The lowest BCUT2D eigenvalue weighted by Crippen LogP contribution is -2.38. The molecule has 1 heterocycles. The quantitative estimate of drug-likeness (QED) is 0.368. The Labute approximate surface area is 204 Å². The highest BCUT2D eigenvalue weighted by Crippen LogP contribution is 2.41. The second-order valence-corrected chi connectivity index (χ2v) is 8.56. The number of hydrogen-bond donors (Lipinski definition) is 1. The van der Waals surface area contributed by atoms with Crippen LogP contribution in [0.5, 0.6) is 11.5 Å². The number of nitro groups is 1. The van der Waals surface area contributed by atoms with Crippen LogP contribution in [-0.4, -0.2) is 43.0 Å². The lowest BCUT2D eigenvalue weighted by molar-refractivity contribution is -0.384. The van der Waals surface area contributed by atoms with E-state index in [0.29, 0.717) is 35.7 Å². The Morgan fingerprint density at radius 2 is 1.80 bits per heavy atom. The Bertz CT molecular complexity index is 1230. The minimum atomic E-state index is -0.443. The Hall–Kier alpha value is -3.91. The number of carbonyl (C=O) groups is 1. The molecule has 1 amide bonds. The van der Waals surface area contributed by atoms with Crippen LogP contribution in [-0.2, 0) is 11.2 Å². The zero-order valence-corrected chi connectivity index (χ0v) is 20.1. The minimum Gasteiger partial charge on any atom is -0.493 e. The monoisotopic (exact) mass is 475 g/mol. The molecule has 182 valence electrons. The van der Waals surface area contributed by atoms with Crippen molar-refractivity contribution in [1.82, 2.24) is 4.90 Å². The molecule has 1 N–H and O–H groups in total. The standard InChI is InChI=1S/C27H29N3O5/c1-18-15-21(30(32)33)9-10-23(18)28-26(31)12-14-29-13-11-20-16-24(34-2)25(35-3)17-22(20)27(29)19-7-5-4-6-8-19/h4-10,15-17,27H,11-14H2,1-3H3,(H,28,31). The Morgan fingerprint density at radius 1 is 1.09 bits per heavy atom. The van der Waals surface area contributed by atoms with Crippen molar-refractivity contribution in [3.05, 3.63) is 93.0 Å². The minimum absolute atomic E-state index is 0.00485. The summed E-state index contributed by atoms with van der Waals surface area (Å²) >= 11 is 0. The molecule has 1 aliphatic heterocycles. The van der Waals surface area contributed by atoms with Gasteiger partial charge in [-0.2, -0.15) is 0 Å². The van der Waals surface area contributed by atoms with E-state index in [1.54, 1.807) is 27.2 Å². The van der Waals surface area contributed by atoms with Gasteiger partial charge in [0.2, 0.25) is 5.91 Å². The first-order valence-electron chi connectivity index (χ1n) is 11.5. The number of hydrogen-bond acceptors (Lipinski definition) is 6. The molecule has 1 aliphatic rings. The second kappa shape index (κ2) is 10.6. The Balaban J connectivity index is 1.54. The van der Waals surface area contributed by atoms with Gasteiger partial charge in [-0.1, -0.05) is 30.3 Å². The number of nitrogens with one attached hydrogen (secondary N) is 1. The van der Waals surface area contributed by atoms with Crippen molar-refractivity contribution in [2.45, 2.75) is 25.8 Å². The highest BCUT2D eigenvalue weighted by Gasteiger charge is 2.30. The van der Waals surface area contributed by atoms with Gasteiger partial charge in [0.15, 0.2) is 11.5 Å². The number of carbonyl (C=O) groups excluding carboxylic acids is 1. The van der Waals surface area contributed by atoms with Crippen LogP contribution in [0.15, 0.2) is 60.7 Å². The molecule has 1 unspecified atom stereocenters. The van der Waals surface area contributed by atoms with Crippen LogP contribution < -0.4 is 14.8 Å². The molecule has 0 spiro atoms. The average molecular weight is 476 g/mol.